The highest BCUT2D eigenvalue weighted by Crippen LogP contribution is 2.23. The second-order valence-electron chi connectivity index (χ2n) is 4.80. The maximum atomic E-state index is 4.25. The van der Waals surface area contributed by atoms with Gasteiger partial charge in [0.2, 0.25) is 0 Å². The Morgan fingerprint density at radius 2 is 1.90 bits per heavy atom. The molecule has 0 aliphatic rings. The van der Waals surface area contributed by atoms with Crippen LogP contribution in [0.1, 0.15) is 11.3 Å². The van der Waals surface area contributed by atoms with Crippen molar-refractivity contribution in [2.75, 3.05) is 5.32 Å². The molecule has 2 N–H and O–H groups in total. The summed E-state index contributed by atoms with van der Waals surface area (Å²) in [5, 5.41) is 14.6. The summed E-state index contributed by atoms with van der Waals surface area (Å²) in [7, 11) is 0. The zero-order chi connectivity index (χ0) is 14.7. The normalized spacial score (nSPS) is 10.6. The van der Waals surface area contributed by atoms with Gasteiger partial charge in [0.05, 0.1) is 6.54 Å². The molecule has 1 heterocycles. The first-order valence-electron chi connectivity index (χ1n) is 6.69. The quantitative estimate of drug-likeness (QED) is 0.748. The fourth-order valence-corrected chi connectivity index (χ4v) is 2.53. The van der Waals surface area contributed by atoms with E-state index in [0.29, 0.717) is 6.54 Å². The summed E-state index contributed by atoms with van der Waals surface area (Å²) in [6, 6.07) is 16.2. The number of H-pyrrole nitrogens is 1. The van der Waals surface area contributed by atoms with E-state index in [0.717, 1.165) is 27.1 Å². The van der Waals surface area contributed by atoms with Gasteiger partial charge in [-0.15, -0.1) is 0 Å². The van der Waals surface area contributed by atoms with Gasteiger partial charge in [-0.25, -0.2) is 0 Å². The Kier molecular flexibility index (Phi) is 4.01. The van der Waals surface area contributed by atoms with Crippen LogP contribution in [-0.4, -0.2) is 15.4 Å². The predicted molar refractivity (Wildman–Crippen MR) is 88.0 cm³/mol. The van der Waals surface area contributed by atoms with E-state index in [-0.39, 0.29) is 0 Å². The molecule has 0 radical (unpaired) electrons. The topological polar surface area (TPSA) is 53.6 Å². The molecule has 21 heavy (non-hydrogen) atoms. The molecule has 106 valence electrons. The van der Waals surface area contributed by atoms with Crippen molar-refractivity contribution in [1.29, 1.82) is 0 Å². The fourth-order valence-electron chi connectivity index (χ4n) is 2.17. The Morgan fingerprint density at radius 3 is 2.71 bits per heavy atom. The molecule has 2 aromatic carbocycles. The highest BCUT2D eigenvalue weighted by atomic mass is 79.9. The van der Waals surface area contributed by atoms with Gasteiger partial charge in [-0.05, 0) is 24.6 Å². The minimum absolute atomic E-state index is 0.623. The summed E-state index contributed by atoms with van der Waals surface area (Å²) in [6.45, 7) is 2.70. The van der Waals surface area contributed by atoms with Crippen molar-refractivity contribution in [2.24, 2.45) is 0 Å². The number of rotatable bonds is 4. The Balaban J connectivity index is 1.81. The lowest BCUT2D eigenvalue weighted by molar-refractivity contribution is 0.911. The van der Waals surface area contributed by atoms with E-state index in [1.807, 2.05) is 36.4 Å². The van der Waals surface area contributed by atoms with Crippen molar-refractivity contribution in [3.05, 3.63) is 64.3 Å². The zero-order valence-corrected chi connectivity index (χ0v) is 13.2. The molecule has 0 bridgehead atoms. The summed E-state index contributed by atoms with van der Waals surface area (Å²) in [5.74, 6) is 0. The van der Waals surface area contributed by atoms with Crippen molar-refractivity contribution < 1.29 is 0 Å². The molecule has 0 unspecified atom stereocenters. The summed E-state index contributed by atoms with van der Waals surface area (Å²) in [4.78, 5) is 0. The summed E-state index contributed by atoms with van der Waals surface area (Å²) in [6.07, 6.45) is 0. The monoisotopic (exact) mass is 342 g/mol. The lowest BCUT2D eigenvalue weighted by Gasteiger charge is -2.09. The van der Waals surface area contributed by atoms with Crippen LogP contribution in [0, 0.1) is 6.92 Å². The number of aromatic nitrogens is 3. The second kappa shape index (κ2) is 6.10. The van der Waals surface area contributed by atoms with Crippen LogP contribution >= 0.6 is 15.9 Å². The predicted octanol–water partition coefficient (Wildman–Crippen LogP) is 4.15. The second-order valence-corrected chi connectivity index (χ2v) is 5.71. The average molecular weight is 343 g/mol. The number of nitrogens with one attached hydrogen (secondary N) is 2. The van der Waals surface area contributed by atoms with Gasteiger partial charge < -0.3 is 5.32 Å². The molecule has 0 saturated heterocycles. The number of halogens is 1. The minimum Gasteiger partial charge on any atom is -0.379 e. The summed E-state index contributed by atoms with van der Waals surface area (Å²) < 4.78 is 1.05. The van der Waals surface area contributed by atoms with E-state index in [2.05, 4.69) is 55.7 Å². The molecule has 0 aliphatic carbocycles. The van der Waals surface area contributed by atoms with Gasteiger partial charge in [0.15, 0.2) is 0 Å². The van der Waals surface area contributed by atoms with Crippen LogP contribution in [0.4, 0.5) is 5.69 Å². The van der Waals surface area contributed by atoms with E-state index in [1.54, 1.807) is 0 Å². The first-order valence-corrected chi connectivity index (χ1v) is 7.48. The first-order chi connectivity index (χ1) is 10.2. The SMILES string of the molecule is Cc1ccc(Br)cc1NCc1n[nH]nc1-c1ccccc1. The van der Waals surface area contributed by atoms with Crippen molar-refractivity contribution in [3.8, 4) is 11.3 Å². The van der Waals surface area contributed by atoms with Gasteiger partial charge in [-0.3, -0.25) is 0 Å². The number of benzene rings is 2. The lowest BCUT2D eigenvalue weighted by Crippen LogP contribution is -2.03. The van der Waals surface area contributed by atoms with Crippen LogP contribution in [-0.2, 0) is 6.54 Å². The number of hydrogen-bond donors (Lipinski definition) is 2. The highest BCUT2D eigenvalue weighted by molar-refractivity contribution is 9.10. The van der Waals surface area contributed by atoms with Gasteiger partial charge in [-0.2, -0.15) is 15.4 Å². The van der Waals surface area contributed by atoms with E-state index in [1.165, 1.54) is 5.56 Å². The average Bonchev–Trinajstić information content (AvgIpc) is 2.97. The standard InChI is InChI=1S/C16H15BrN4/c1-11-7-8-13(17)9-14(11)18-10-15-16(20-21-19-15)12-5-3-2-4-6-12/h2-9,18H,10H2,1H3,(H,19,20,21). The number of aryl methyl sites for hydroxylation is 1. The molecular weight excluding hydrogens is 328 g/mol. The lowest BCUT2D eigenvalue weighted by atomic mass is 10.1. The van der Waals surface area contributed by atoms with E-state index in [9.17, 15) is 0 Å². The largest absolute Gasteiger partial charge is 0.379 e. The van der Waals surface area contributed by atoms with Crippen molar-refractivity contribution in [3.63, 3.8) is 0 Å². The number of anilines is 1. The zero-order valence-electron chi connectivity index (χ0n) is 11.6. The molecular formula is C16H15BrN4. The molecule has 3 aromatic rings. The number of aromatic amines is 1. The number of hydrogen-bond acceptors (Lipinski definition) is 3. The van der Waals surface area contributed by atoms with Crippen molar-refractivity contribution in [1.82, 2.24) is 15.4 Å². The van der Waals surface area contributed by atoms with E-state index >= 15 is 0 Å². The molecule has 5 heteroatoms. The van der Waals surface area contributed by atoms with Crippen LogP contribution in [0.25, 0.3) is 11.3 Å². The van der Waals surface area contributed by atoms with Gasteiger partial charge in [0.1, 0.15) is 11.4 Å². The Bertz CT molecular complexity index is 737. The molecule has 0 spiro atoms. The molecule has 4 nitrogen and oxygen atoms in total. The molecule has 0 fully saturated rings. The third-order valence-corrected chi connectivity index (χ3v) is 3.81. The third-order valence-electron chi connectivity index (χ3n) is 3.31. The van der Waals surface area contributed by atoms with Gasteiger partial charge in [0, 0.05) is 15.7 Å². The fraction of sp³-hybridized carbons (Fsp3) is 0.125. The molecule has 0 aliphatic heterocycles. The third kappa shape index (κ3) is 3.13. The smallest absolute Gasteiger partial charge is 0.117 e. The molecule has 0 saturated carbocycles. The van der Waals surface area contributed by atoms with Gasteiger partial charge in [-0.1, -0.05) is 52.3 Å². The highest BCUT2D eigenvalue weighted by Gasteiger charge is 2.10. The van der Waals surface area contributed by atoms with Gasteiger partial charge >= 0.3 is 0 Å². The summed E-state index contributed by atoms with van der Waals surface area (Å²) in [5.41, 5.74) is 5.14. The maximum absolute atomic E-state index is 4.25. The Morgan fingerprint density at radius 1 is 1.10 bits per heavy atom. The molecule has 3 rings (SSSR count). The summed E-state index contributed by atoms with van der Waals surface area (Å²) >= 11 is 3.49. The van der Waals surface area contributed by atoms with E-state index < -0.39 is 0 Å². The van der Waals surface area contributed by atoms with Crippen LogP contribution in [0.2, 0.25) is 0 Å². The van der Waals surface area contributed by atoms with Crippen LogP contribution in [0.15, 0.2) is 53.0 Å². The molecule has 1 aromatic heterocycles. The molecule has 0 amide bonds. The van der Waals surface area contributed by atoms with Crippen LogP contribution in [0.3, 0.4) is 0 Å². The van der Waals surface area contributed by atoms with Crippen molar-refractivity contribution in [2.45, 2.75) is 13.5 Å². The maximum Gasteiger partial charge on any atom is 0.117 e. The van der Waals surface area contributed by atoms with Gasteiger partial charge in [0.25, 0.3) is 0 Å². The van der Waals surface area contributed by atoms with Crippen molar-refractivity contribution >= 4 is 21.6 Å². The Hall–Kier alpha value is -2.14. The van der Waals surface area contributed by atoms with Crippen LogP contribution < -0.4 is 5.32 Å². The Labute approximate surface area is 131 Å². The van der Waals surface area contributed by atoms with E-state index in [4.69, 9.17) is 0 Å². The minimum atomic E-state index is 0.623. The first kappa shape index (κ1) is 13.8. The van der Waals surface area contributed by atoms with Crippen LogP contribution in [0.5, 0.6) is 0 Å². The molecule has 0 atom stereocenters. The number of nitrogens with zero attached hydrogens (tertiary/aromatic N) is 2.